The Hall–Kier alpha value is -1.59. The predicted molar refractivity (Wildman–Crippen MR) is 98.3 cm³/mol. The maximum Gasteiger partial charge on any atom is 0.225 e. The first-order chi connectivity index (χ1) is 11.2. The molecule has 0 aliphatic carbocycles. The van der Waals surface area contributed by atoms with Gasteiger partial charge in [0.15, 0.2) is 0 Å². The van der Waals surface area contributed by atoms with Crippen molar-refractivity contribution >= 4 is 11.6 Å². The molecule has 0 aromatic heterocycles. The fraction of sp³-hybridized carbons (Fsp3) is 0.632. The number of benzene rings is 1. The Morgan fingerprint density at radius 1 is 1.29 bits per heavy atom. The number of ether oxygens (including phenoxy) is 1. The molecule has 136 valence electrons. The maximum absolute atomic E-state index is 12.1. The smallest absolute Gasteiger partial charge is 0.225 e. The maximum atomic E-state index is 12.1. The quantitative estimate of drug-likeness (QED) is 0.648. The highest BCUT2D eigenvalue weighted by Crippen LogP contribution is 2.25. The number of aliphatic hydroxyl groups is 1. The van der Waals surface area contributed by atoms with Gasteiger partial charge in [0.25, 0.3) is 0 Å². The number of carbonyl (C=O) groups excluding carboxylic acids is 1. The number of carbonyl (C=O) groups is 1. The van der Waals surface area contributed by atoms with Crippen LogP contribution in [0, 0.1) is 11.3 Å². The van der Waals surface area contributed by atoms with Gasteiger partial charge in [-0.1, -0.05) is 33.8 Å². The van der Waals surface area contributed by atoms with E-state index >= 15 is 0 Å². The minimum absolute atomic E-state index is 0.0224. The van der Waals surface area contributed by atoms with Gasteiger partial charge < -0.3 is 20.5 Å². The standard InChI is InChI=1S/C19H32N2O3/c1-13(2)18(23)19(4,5)12-20-14(3)10-17(22)21-15-8-7-9-16(11-15)24-6/h7-9,11,13-14,18,20,23H,10,12H2,1-6H3,(H,21,22). The Bertz CT molecular complexity index is 529. The molecule has 1 aromatic rings. The van der Waals surface area contributed by atoms with Crippen LogP contribution in [0.15, 0.2) is 24.3 Å². The Labute approximate surface area is 145 Å². The molecule has 0 spiro atoms. The third-order valence-corrected chi connectivity index (χ3v) is 4.18. The van der Waals surface area contributed by atoms with Crippen LogP contribution < -0.4 is 15.4 Å². The lowest BCUT2D eigenvalue weighted by Gasteiger charge is -2.34. The van der Waals surface area contributed by atoms with Crippen LogP contribution >= 0.6 is 0 Å². The SMILES string of the molecule is COc1cccc(NC(=O)CC(C)NCC(C)(C)C(O)C(C)C)c1. The van der Waals surface area contributed by atoms with Crippen molar-refractivity contribution in [2.75, 3.05) is 19.0 Å². The Balaban J connectivity index is 2.46. The van der Waals surface area contributed by atoms with Gasteiger partial charge in [0, 0.05) is 36.2 Å². The average Bonchev–Trinajstić information content (AvgIpc) is 2.52. The van der Waals surface area contributed by atoms with Crippen molar-refractivity contribution < 1.29 is 14.6 Å². The summed E-state index contributed by atoms with van der Waals surface area (Å²) in [7, 11) is 1.60. The van der Waals surface area contributed by atoms with Crippen molar-refractivity contribution in [1.29, 1.82) is 0 Å². The highest BCUT2D eigenvalue weighted by atomic mass is 16.5. The van der Waals surface area contributed by atoms with E-state index in [1.54, 1.807) is 13.2 Å². The van der Waals surface area contributed by atoms with E-state index in [4.69, 9.17) is 4.74 Å². The number of nitrogens with one attached hydrogen (secondary N) is 2. The van der Waals surface area contributed by atoms with Crippen LogP contribution in [0.4, 0.5) is 5.69 Å². The molecular weight excluding hydrogens is 304 g/mol. The number of hydrogen-bond donors (Lipinski definition) is 3. The first-order valence-corrected chi connectivity index (χ1v) is 8.51. The van der Waals surface area contributed by atoms with E-state index in [-0.39, 0.29) is 29.4 Å². The van der Waals surface area contributed by atoms with Gasteiger partial charge in [0.1, 0.15) is 5.75 Å². The van der Waals surface area contributed by atoms with Gasteiger partial charge in [0.2, 0.25) is 5.91 Å². The molecule has 0 radical (unpaired) electrons. The molecular formula is C19H32N2O3. The zero-order valence-corrected chi connectivity index (χ0v) is 15.7. The van der Waals surface area contributed by atoms with Crippen molar-refractivity contribution in [2.24, 2.45) is 11.3 Å². The number of hydrogen-bond acceptors (Lipinski definition) is 4. The highest BCUT2D eigenvalue weighted by molar-refractivity contribution is 5.91. The lowest BCUT2D eigenvalue weighted by molar-refractivity contribution is -0.116. The second-order valence-corrected chi connectivity index (χ2v) is 7.44. The molecule has 2 unspecified atom stereocenters. The summed E-state index contributed by atoms with van der Waals surface area (Å²) in [5.74, 6) is 0.863. The molecule has 0 saturated heterocycles. The monoisotopic (exact) mass is 336 g/mol. The average molecular weight is 336 g/mol. The molecule has 0 saturated carbocycles. The second kappa shape index (κ2) is 9.04. The topological polar surface area (TPSA) is 70.6 Å². The van der Waals surface area contributed by atoms with Crippen LogP contribution in [0.25, 0.3) is 0 Å². The van der Waals surface area contributed by atoms with Crippen LogP contribution in [-0.2, 0) is 4.79 Å². The molecule has 0 fully saturated rings. The van der Waals surface area contributed by atoms with Crippen molar-refractivity contribution in [1.82, 2.24) is 5.32 Å². The van der Waals surface area contributed by atoms with Crippen molar-refractivity contribution in [3.05, 3.63) is 24.3 Å². The van der Waals surface area contributed by atoms with Crippen LogP contribution in [0.5, 0.6) is 5.75 Å². The molecule has 1 rings (SSSR count). The van der Waals surface area contributed by atoms with Gasteiger partial charge in [-0.3, -0.25) is 4.79 Å². The zero-order valence-electron chi connectivity index (χ0n) is 15.7. The van der Waals surface area contributed by atoms with Crippen molar-refractivity contribution in [2.45, 2.75) is 53.2 Å². The fourth-order valence-corrected chi connectivity index (χ4v) is 2.71. The van der Waals surface area contributed by atoms with E-state index in [0.29, 0.717) is 18.7 Å². The van der Waals surface area contributed by atoms with Gasteiger partial charge in [-0.2, -0.15) is 0 Å². The predicted octanol–water partition coefficient (Wildman–Crippen LogP) is 3.05. The van der Waals surface area contributed by atoms with E-state index in [9.17, 15) is 9.90 Å². The van der Waals surface area contributed by atoms with Crippen LogP contribution in [0.3, 0.4) is 0 Å². The minimum Gasteiger partial charge on any atom is -0.497 e. The number of anilines is 1. The molecule has 24 heavy (non-hydrogen) atoms. The first-order valence-electron chi connectivity index (χ1n) is 8.51. The molecule has 3 N–H and O–H groups in total. The van der Waals surface area contributed by atoms with E-state index in [2.05, 4.69) is 10.6 Å². The number of methoxy groups -OCH3 is 1. The normalized spacial score (nSPS) is 14.3. The molecule has 5 nitrogen and oxygen atoms in total. The highest BCUT2D eigenvalue weighted by Gasteiger charge is 2.30. The minimum atomic E-state index is -0.386. The lowest BCUT2D eigenvalue weighted by Crippen LogP contribution is -2.44. The zero-order chi connectivity index (χ0) is 18.3. The summed E-state index contributed by atoms with van der Waals surface area (Å²) in [5.41, 5.74) is 0.480. The molecule has 0 aliphatic heterocycles. The van der Waals surface area contributed by atoms with Crippen molar-refractivity contribution in [3.63, 3.8) is 0 Å². The summed E-state index contributed by atoms with van der Waals surface area (Å²) >= 11 is 0. The molecule has 5 heteroatoms. The first kappa shape index (κ1) is 20.5. The summed E-state index contributed by atoms with van der Waals surface area (Å²) in [5, 5.41) is 16.5. The van der Waals surface area contributed by atoms with Gasteiger partial charge in [-0.25, -0.2) is 0 Å². The lowest BCUT2D eigenvalue weighted by atomic mass is 9.80. The summed E-state index contributed by atoms with van der Waals surface area (Å²) in [6.45, 7) is 10.7. The van der Waals surface area contributed by atoms with Gasteiger partial charge in [-0.05, 0) is 25.0 Å². The summed E-state index contributed by atoms with van der Waals surface area (Å²) in [6.07, 6.45) is -0.0202. The number of aliphatic hydroxyl groups excluding tert-OH is 1. The number of rotatable bonds is 9. The van der Waals surface area contributed by atoms with E-state index in [1.807, 2.05) is 52.8 Å². The van der Waals surface area contributed by atoms with Gasteiger partial charge in [0.05, 0.1) is 13.2 Å². The molecule has 1 aromatic carbocycles. The summed E-state index contributed by atoms with van der Waals surface area (Å²) in [4.78, 5) is 12.1. The van der Waals surface area contributed by atoms with Crippen LogP contribution in [-0.4, -0.2) is 36.8 Å². The van der Waals surface area contributed by atoms with E-state index < -0.39 is 0 Å². The summed E-state index contributed by atoms with van der Waals surface area (Å²) in [6, 6.07) is 7.32. The second-order valence-electron chi connectivity index (χ2n) is 7.44. The molecule has 0 aliphatic rings. The van der Waals surface area contributed by atoms with E-state index in [0.717, 1.165) is 5.69 Å². The number of amides is 1. The Morgan fingerprint density at radius 2 is 1.96 bits per heavy atom. The molecule has 0 bridgehead atoms. The molecule has 1 amide bonds. The Morgan fingerprint density at radius 3 is 2.54 bits per heavy atom. The van der Waals surface area contributed by atoms with Crippen LogP contribution in [0.2, 0.25) is 0 Å². The fourth-order valence-electron chi connectivity index (χ4n) is 2.71. The molecule has 0 heterocycles. The van der Waals surface area contributed by atoms with Crippen molar-refractivity contribution in [3.8, 4) is 5.75 Å². The van der Waals surface area contributed by atoms with Crippen LogP contribution in [0.1, 0.15) is 41.0 Å². The molecule has 2 atom stereocenters. The Kier molecular flexibility index (Phi) is 7.70. The largest absolute Gasteiger partial charge is 0.497 e. The van der Waals surface area contributed by atoms with Gasteiger partial charge >= 0.3 is 0 Å². The van der Waals surface area contributed by atoms with Gasteiger partial charge in [-0.15, -0.1) is 0 Å². The third-order valence-electron chi connectivity index (χ3n) is 4.18. The third kappa shape index (κ3) is 6.49. The summed E-state index contributed by atoms with van der Waals surface area (Å²) < 4.78 is 5.15. The van der Waals surface area contributed by atoms with E-state index in [1.165, 1.54) is 0 Å².